The Hall–Kier alpha value is -3.12. The van der Waals surface area contributed by atoms with E-state index in [-0.39, 0.29) is 44.8 Å². The number of morpholine rings is 1. The van der Waals surface area contributed by atoms with Gasteiger partial charge in [-0.05, 0) is 61.1 Å². The van der Waals surface area contributed by atoms with E-state index < -0.39 is 29.4 Å². The van der Waals surface area contributed by atoms with Gasteiger partial charge in [0.05, 0.1) is 31.4 Å². The Labute approximate surface area is 230 Å². The normalized spacial score (nSPS) is 23.2. The lowest BCUT2D eigenvalue weighted by atomic mass is 9.77. The van der Waals surface area contributed by atoms with Crippen molar-refractivity contribution in [1.82, 2.24) is 9.88 Å². The number of urea groups is 1. The summed E-state index contributed by atoms with van der Waals surface area (Å²) in [5.74, 6) is -1.13. The number of nitrogens with zero attached hydrogens (tertiary/aromatic N) is 3. The molecule has 1 aromatic heterocycles. The molecule has 1 spiro atoms. The fourth-order valence-electron chi connectivity index (χ4n) is 6.31. The van der Waals surface area contributed by atoms with Crippen LogP contribution in [-0.2, 0) is 4.74 Å². The summed E-state index contributed by atoms with van der Waals surface area (Å²) in [6.07, 6.45) is -3.02. The summed E-state index contributed by atoms with van der Waals surface area (Å²) >= 11 is 0. The Morgan fingerprint density at radius 2 is 1.98 bits per heavy atom. The molecule has 3 aliphatic rings. The van der Waals surface area contributed by atoms with Crippen LogP contribution in [0.5, 0.6) is 5.88 Å². The number of likely N-dealkylation sites (tertiary alicyclic amines) is 1. The number of carbonyl (C=O) groups is 1. The summed E-state index contributed by atoms with van der Waals surface area (Å²) in [4.78, 5) is 21.1. The molecule has 12 heteroatoms. The van der Waals surface area contributed by atoms with Crippen molar-refractivity contribution in [3.8, 4) is 17.0 Å². The van der Waals surface area contributed by atoms with Crippen LogP contribution in [0.15, 0.2) is 24.3 Å². The number of carbonyl (C=O) groups excluding carboxylic acids is 1. The van der Waals surface area contributed by atoms with Crippen LogP contribution < -0.4 is 15.0 Å². The van der Waals surface area contributed by atoms with Crippen LogP contribution >= 0.6 is 0 Å². The highest BCUT2D eigenvalue weighted by molar-refractivity contribution is 5.91. The second-order valence-corrected chi connectivity index (χ2v) is 10.8. The number of halogens is 4. The SMILES string of the molecule is Cc1cc(F)c(NC(=O)N2CCC3(CCCC3C(F)(F)F)C2)cc1-c1cc(OCCO)nc(N2CCOCC2)c1. The highest BCUT2D eigenvalue weighted by Crippen LogP contribution is 2.55. The van der Waals surface area contributed by atoms with Crippen molar-refractivity contribution in [1.29, 1.82) is 0 Å². The molecule has 0 bridgehead atoms. The fraction of sp³-hybridized carbons (Fsp3) is 0.571. The maximum atomic E-state index is 15.1. The lowest BCUT2D eigenvalue weighted by Crippen LogP contribution is -2.40. The number of aliphatic hydroxyl groups excluding tert-OH is 1. The molecule has 2 aromatic rings. The van der Waals surface area contributed by atoms with Crippen molar-refractivity contribution in [2.75, 3.05) is 62.8 Å². The van der Waals surface area contributed by atoms with Gasteiger partial charge in [0, 0.05) is 37.7 Å². The van der Waals surface area contributed by atoms with Crippen LogP contribution in [0.4, 0.5) is 33.9 Å². The molecule has 2 unspecified atom stereocenters. The average molecular weight is 567 g/mol. The summed E-state index contributed by atoms with van der Waals surface area (Å²) in [7, 11) is 0. The van der Waals surface area contributed by atoms with Gasteiger partial charge in [0.25, 0.3) is 0 Å². The summed E-state index contributed by atoms with van der Waals surface area (Å²) in [5.41, 5.74) is 0.893. The summed E-state index contributed by atoms with van der Waals surface area (Å²) in [6, 6.07) is 5.76. The van der Waals surface area contributed by atoms with Gasteiger partial charge in [-0.25, -0.2) is 9.18 Å². The number of aromatic nitrogens is 1. The Morgan fingerprint density at radius 3 is 2.70 bits per heavy atom. The second kappa shape index (κ2) is 11.4. The van der Waals surface area contributed by atoms with Crippen molar-refractivity contribution in [3.63, 3.8) is 0 Å². The third-order valence-electron chi connectivity index (χ3n) is 8.31. The Kier molecular flexibility index (Phi) is 8.10. The molecule has 3 fully saturated rings. The molecule has 1 saturated carbocycles. The monoisotopic (exact) mass is 566 g/mol. The van der Waals surface area contributed by atoms with E-state index in [0.717, 1.165) is 0 Å². The van der Waals surface area contributed by atoms with Gasteiger partial charge < -0.3 is 29.7 Å². The minimum Gasteiger partial charge on any atom is -0.475 e. The smallest absolute Gasteiger partial charge is 0.392 e. The molecular formula is C28H34F4N4O4. The van der Waals surface area contributed by atoms with E-state index in [0.29, 0.717) is 67.5 Å². The van der Waals surface area contributed by atoms with Crippen LogP contribution in [0.2, 0.25) is 0 Å². The van der Waals surface area contributed by atoms with Crippen LogP contribution in [0.3, 0.4) is 0 Å². The van der Waals surface area contributed by atoms with Gasteiger partial charge in [-0.2, -0.15) is 18.2 Å². The number of rotatable bonds is 6. The number of hydrogen-bond acceptors (Lipinski definition) is 6. The summed E-state index contributed by atoms with van der Waals surface area (Å²) in [6.45, 7) is 4.16. The number of alkyl halides is 3. The van der Waals surface area contributed by atoms with E-state index in [1.54, 1.807) is 13.0 Å². The van der Waals surface area contributed by atoms with Crippen LogP contribution in [0.1, 0.15) is 31.2 Å². The van der Waals surface area contributed by atoms with E-state index in [1.807, 2.05) is 11.0 Å². The highest BCUT2D eigenvalue weighted by atomic mass is 19.4. The maximum Gasteiger partial charge on any atom is 0.392 e. The molecule has 0 radical (unpaired) electrons. The molecule has 2 aliphatic heterocycles. The lowest BCUT2D eigenvalue weighted by Gasteiger charge is -2.32. The second-order valence-electron chi connectivity index (χ2n) is 10.8. The number of anilines is 2. The summed E-state index contributed by atoms with van der Waals surface area (Å²) < 4.78 is 67.1. The van der Waals surface area contributed by atoms with Crippen molar-refractivity contribution >= 4 is 17.5 Å². The van der Waals surface area contributed by atoms with E-state index in [9.17, 15) is 23.1 Å². The molecular weight excluding hydrogens is 532 g/mol. The number of amides is 2. The topological polar surface area (TPSA) is 87.2 Å². The summed E-state index contributed by atoms with van der Waals surface area (Å²) in [5, 5.41) is 11.8. The van der Waals surface area contributed by atoms with Crippen molar-refractivity contribution < 1.29 is 36.9 Å². The van der Waals surface area contributed by atoms with Gasteiger partial charge in [0.1, 0.15) is 18.2 Å². The van der Waals surface area contributed by atoms with Crippen molar-refractivity contribution in [2.24, 2.45) is 11.3 Å². The first-order valence-corrected chi connectivity index (χ1v) is 13.6. The molecule has 2 atom stereocenters. The lowest BCUT2D eigenvalue weighted by molar-refractivity contribution is -0.198. The molecule has 8 nitrogen and oxygen atoms in total. The van der Waals surface area contributed by atoms with Gasteiger partial charge in [0.15, 0.2) is 0 Å². The van der Waals surface area contributed by atoms with E-state index >= 15 is 4.39 Å². The standard InChI is InChI=1S/C28H34F4N4O4/c1-18-13-21(29)22(33-26(38)36-6-5-27(17-36)4-2-3-23(27)28(30,31)32)16-20(18)19-14-24(35-7-10-39-11-8-35)34-25(15-19)40-12-9-37/h13-16,23,37H,2-12,17H2,1H3,(H,33,38). The Bertz CT molecular complexity index is 1240. The van der Waals surface area contributed by atoms with Crippen LogP contribution in [-0.4, -0.2) is 79.8 Å². The molecule has 5 rings (SSSR count). The molecule has 2 amide bonds. The first kappa shape index (κ1) is 28.4. The third kappa shape index (κ3) is 5.83. The molecule has 2 saturated heterocycles. The van der Waals surface area contributed by atoms with Gasteiger partial charge in [-0.1, -0.05) is 6.42 Å². The number of ether oxygens (including phenoxy) is 2. The first-order chi connectivity index (χ1) is 19.1. The molecule has 1 aliphatic carbocycles. The molecule has 1 aromatic carbocycles. The molecule has 3 heterocycles. The largest absolute Gasteiger partial charge is 0.475 e. The van der Waals surface area contributed by atoms with Gasteiger partial charge in [-0.15, -0.1) is 0 Å². The highest BCUT2D eigenvalue weighted by Gasteiger charge is 2.58. The van der Waals surface area contributed by atoms with E-state index in [2.05, 4.69) is 10.3 Å². The number of aryl methyl sites for hydroxylation is 1. The zero-order valence-corrected chi connectivity index (χ0v) is 22.4. The van der Waals surface area contributed by atoms with Gasteiger partial charge >= 0.3 is 12.2 Å². The predicted molar refractivity (Wildman–Crippen MR) is 141 cm³/mol. The zero-order chi connectivity index (χ0) is 28.5. The van der Waals surface area contributed by atoms with Crippen molar-refractivity contribution in [2.45, 2.75) is 38.8 Å². The predicted octanol–water partition coefficient (Wildman–Crippen LogP) is 4.99. The number of hydrogen-bond donors (Lipinski definition) is 2. The van der Waals surface area contributed by atoms with E-state index in [1.165, 1.54) is 17.0 Å². The fourth-order valence-corrected chi connectivity index (χ4v) is 6.31. The molecule has 40 heavy (non-hydrogen) atoms. The minimum absolute atomic E-state index is 0.00215. The quantitative estimate of drug-likeness (QED) is 0.480. The minimum atomic E-state index is -4.30. The number of aliphatic hydroxyl groups is 1. The number of pyridine rings is 1. The maximum absolute atomic E-state index is 15.1. The van der Waals surface area contributed by atoms with Crippen LogP contribution in [0.25, 0.3) is 11.1 Å². The first-order valence-electron chi connectivity index (χ1n) is 13.6. The average Bonchev–Trinajstić information content (AvgIpc) is 3.56. The third-order valence-corrected chi connectivity index (χ3v) is 8.31. The zero-order valence-electron chi connectivity index (χ0n) is 22.4. The van der Waals surface area contributed by atoms with E-state index in [4.69, 9.17) is 9.47 Å². The van der Waals surface area contributed by atoms with Crippen molar-refractivity contribution in [3.05, 3.63) is 35.6 Å². The molecule has 218 valence electrons. The van der Waals surface area contributed by atoms with Crippen LogP contribution in [0, 0.1) is 24.1 Å². The van der Waals surface area contributed by atoms with Gasteiger partial charge in [0.2, 0.25) is 5.88 Å². The van der Waals surface area contributed by atoms with Gasteiger partial charge in [-0.3, -0.25) is 0 Å². The Balaban J connectivity index is 1.39. The number of nitrogens with one attached hydrogen (secondary N) is 1. The Morgan fingerprint density at radius 1 is 1.20 bits per heavy atom. The molecule has 2 N–H and O–H groups in total. The number of benzene rings is 1.